The normalized spacial score (nSPS) is 23.1. The van der Waals surface area contributed by atoms with Gasteiger partial charge in [0.1, 0.15) is 0 Å². The van der Waals surface area contributed by atoms with Crippen molar-refractivity contribution in [3.63, 3.8) is 0 Å². The Morgan fingerprint density at radius 2 is 2.26 bits per heavy atom. The third kappa shape index (κ3) is 3.74. The van der Waals surface area contributed by atoms with Gasteiger partial charge in [0.2, 0.25) is 5.91 Å². The van der Waals surface area contributed by atoms with Crippen molar-refractivity contribution in [1.29, 1.82) is 0 Å². The second kappa shape index (κ2) is 6.44. The minimum atomic E-state index is 0.133. The summed E-state index contributed by atoms with van der Waals surface area (Å²) in [7, 11) is 0. The smallest absolute Gasteiger partial charge is 0.227 e. The molecule has 1 heterocycles. The molecule has 1 aliphatic heterocycles. The summed E-state index contributed by atoms with van der Waals surface area (Å²) in [6.07, 6.45) is 3.90. The molecule has 3 nitrogen and oxygen atoms in total. The third-order valence-corrected chi connectivity index (χ3v) is 4.42. The fourth-order valence-corrected chi connectivity index (χ4v) is 2.91. The lowest BCUT2D eigenvalue weighted by Crippen LogP contribution is -2.40. The summed E-state index contributed by atoms with van der Waals surface area (Å²) in [6.45, 7) is 5.10. The van der Waals surface area contributed by atoms with E-state index < -0.39 is 0 Å². The molecule has 0 radical (unpaired) electrons. The topological polar surface area (TPSA) is 41.1 Å². The third-order valence-electron chi connectivity index (χ3n) is 3.70. The van der Waals surface area contributed by atoms with Crippen LogP contribution in [0.4, 0.5) is 5.69 Å². The van der Waals surface area contributed by atoms with Crippen molar-refractivity contribution in [3.05, 3.63) is 23.8 Å². The van der Waals surface area contributed by atoms with E-state index in [4.69, 9.17) is 0 Å². The van der Waals surface area contributed by atoms with Gasteiger partial charge in [-0.1, -0.05) is 6.07 Å². The van der Waals surface area contributed by atoms with Crippen LogP contribution in [0.15, 0.2) is 23.1 Å². The summed E-state index contributed by atoms with van der Waals surface area (Å²) in [5.41, 5.74) is 2.07. The molecule has 0 aromatic heterocycles. The number of aryl methyl sites for hydroxylation is 1. The molecular formula is C15H22N2OS. The fourth-order valence-electron chi connectivity index (χ4n) is 2.47. The van der Waals surface area contributed by atoms with Crippen molar-refractivity contribution < 1.29 is 4.79 Å². The Morgan fingerprint density at radius 1 is 1.47 bits per heavy atom. The molecule has 0 bridgehead atoms. The number of carbonyl (C=O) groups is 1. The first-order valence-electron chi connectivity index (χ1n) is 6.79. The van der Waals surface area contributed by atoms with Crippen molar-refractivity contribution >= 4 is 23.4 Å². The van der Waals surface area contributed by atoms with Gasteiger partial charge in [-0.05, 0) is 57.2 Å². The highest BCUT2D eigenvalue weighted by Crippen LogP contribution is 2.25. The molecule has 1 amide bonds. The van der Waals surface area contributed by atoms with Crippen molar-refractivity contribution in [1.82, 2.24) is 5.32 Å². The Balaban J connectivity index is 2.05. The summed E-state index contributed by atoms with van der Waals surface area (Å²) in [6, 6.07) is 6.64. The van der Waals surface area contributed by atoms with Crippen molar-refractivity contribution in [2.24, 2.45) is 5.92 Å². The quantitative estimate of drug-likeness (QED) is 0.835. The van der Waals surface area contributed by atoms with Crippen LogP contribution in [0.5, 0.6) is 0 Å². The van der Waals surface area contributed by atoms with E-state index >= 15 is 0 Å². The summed E-state index contributed by atoms with van der Waals surface area (Å²) < 4.78 is 0. The standard InChI is InChI=1S/C15H22N2OS/c1-10-4-5-13(19-3)9-14(10)17-15(18)12-6-7-16-11(2)8-12/h4-5,9,11-12,16H,6-8H2,1-3H3,(H,17,18)/t11-,12-/m0/s1. The van der Waals surface area contributed by atoms with E-state index in [1.54, 1.807) is 11.8 Å². The van der Waals surface area contributed by atoms with Gasteiger partial charge in [0.25, 0.3) is 0 Å². The molecule has 0 unspecified atom stereocenters. The average Bonchev–Trinajstić information content (AvgIpc) is 2.41. The number of piperidine rings is 1. The van der Waals surface area contributed by atoms with Gasteiger partial charge in [0.05, 0.1) is 0 Å². The van der Waals surface area contributed by atoms with E-state index in [0.29, 0.717) is 6.04 Å². The number of anilines is 1. The lowest BCUT2D eigenvalue weighted by atomic mass is 9.92. The van der Waals surface area contributed by atoms with Crippen LogP contribution in [-0.2, 0) is 4.79 Å². The molecule has 1 aliphatic rings. The van der Waals surface area contributed by atoms with Gasteiger partial charge in [-0.15, -0.1) is 11.8 Å². The number of thioether (sulfide) groups is 1. The van der Waals surface area contributed by atoms with Gasteiger partial charge in [0.15, 0.2) is 0 Å². The zero-order chi connectivity index (χ0) is 13.8. The highest BCUT2D eigenvalue weighted by atomic mass is 32.2. The van der Waals surface area contributed by atoms with Gasteiger partial charge < -0.3 is 10.6 Å². The summed E-state index contributed by atoms with van der Waals surface area (Å²) in [5, 5.41) is 6.47. The minimum Gasteiger partial charge on any atom is -0.326 e. The molecular weight excluding hydrogens is 256 g/mol. The highest BCUT2D eigenvalue weighted by Gasteiger charge is 2.24. The molecule has 1 saturated heterocycles. The molecule has 0 aliphatic carbocycles. The maximum atomic E-state index is 12.3. The second-order valence-corrected chi connectivity index (χ2v) is 6.13. The zero-order valence-electron chi connectivity index (χ0n) is 11.8. The fraction of sp³-hybridized carbons (Fsp3) is 0.533. The van der Waals surface area contributed by atoms with E-state index in [0.717, 1.165) is 30.6 Å². The SMILES string of the molecule is CSc1ccc(C)c(NC(=O)[C@H]2CCN[C@@H](C)C2)c1. The Bertz CT molecular complexity index is 461. The van der Waals surface area contributed by atoms with Crippen LogP contribution in [-0.4, -0.2) is 24.7 Å². The highest BCUT2D eigenvalue weighted by molar-refractivity contribution is 7.98. The number of hydrogen-bond donors (Lipinski definition) is 2. The van der Waals surface area contributed by atoms with E-state index in [2.05, 4.69) is 35.8 Å². The van der Waals surface area contributed by atoms with Gasteiger partial charge in [0, 0.05) is 22.5 Å². The van der Waals surface area contributed by atoms with Gasteiger partial charge in [-0.2, -0.15) is 0 Å². The van der Waals surface area contributed by atoms with Gasteiger partial charge >= 0.3 is 0 Å². The predicted octanol–water partition coefficient (Wildman–Crippen LogP) is 3.04. The Hall–Kier alpha value is -1.00. The van der Waals surface area contributed by atoms with Crippen molar-refractivity contribution in [2.45, 2.75) is 37.6 Å². The molecule has 0 spiro atoms. The van der Waals surface area contributed by atoms with E-state index in [1.165, 1.54) is 4.90 Å². The maximum Gasteiger partial charge on any atom is 0.227 e. The Labute approximate surface area is 119 Å². The molecule has 0 saturated carbocycles. The molecule has 1 fully saturated rings. The number of amides is 1. The van der Waals surface area contributed by atoms with Crippen LogP contribution in [0.3, 0.4) is 0 Å². The lowest BCUT2D eigenvalue weighted by Gasteiger charge is -2.27. The predicted molar refractivity (Wildman–Crippen MR) is 81.8 cm³/mol. The van der Waals surface area contributed by atoms with Crippen LogP contribution in [0.25, 0.3) is 0 Å². The Morgan fingerprint density at radius 3 is 2.95 bits per heavy atom. The van der Waals surface area contributed by atoms with Crippen LogP contribution >= 0.6 is 11.8 Å². The number of rotatable bonds is 3. The summed E-state index contributed by atoms with van der Waals surface area (Å²) in [4.78, 5) is 13.5. The first kappa shape index (κ1) is 14.4. The average molecular weight is 278 g/mol. The van der Waals surface area contributed by atoms with E-state index in [1.807, 2.05) is 13.2 Å². The molecule has 2 atom stereocenters. The zero-order valence-corrected chi connectivity index (χ0v) is 12.6. The van der Waals surface area contributed by atoms with Crippen LogP contribution < -0.4 is 10.6 Å². The maximum absolute atomic E-state index is 12.3. The number of hydrogen-bond acceptors (Lipinski definition) is 3. The van der Waals surface area contributed by atoms with Gasteiger partial charge in [-0.3, -0.25) is 4.79 Å². The molecule has 1 aromatic carbocycles. The second-order valence-electron chi connectivity index (χ2n) is 5.25. The molecule has 2 N–H and O–H groups in total. The summed E-state index contributed by atoms with van der Waals surface area (Å²) >= 11 is 1.69. The number of carbonyl (C=O) groups excluding carboxylic acids is 1. The van der Waals surface area contributed by atoms with Gasteiger partial charge in [-0.25, -0.2) is 0 Å². The van der Waals surface area contributed by atoms with Crippen LogP contribution in [0, 0.1) is 12.8 Å². The largest absolute Gasteiger partial charge is 0.326 e. The number of benzene rings is 1. The van der Waals surface area contributed by atoms with Crippen molar-refractivity contribution in [2.75, 3.05) is 18.1 Å². The molecule has 19 heavy (non-hydrogen) atoms. The monoisotopic (exact) mass is 278 g/mol. The molecule has 2 rings (SSSR count). The van der Waals surface area contributed by atoms with E-state index in [9.17, 15) is 4.79 Å². The molecule has 4 heteroatoms. The minimum absolute atomic E-state index is 0.133. The first-order chi connectivity index (χ1) is 9.10. The van der Waals surface area contributed by atoms with Crippen LogP contribution in [0.2, 0.25) is 0 Å². The van der Waals surface area contributed by atoms with E-state index in [-0.39, 0.29) is 11.8 Å². The van der Waals surface area contributed by atoms with Crippen molar-refractivity contribution in [3.8, 4) is 0 Å². The molecule has 104 valence electrons. The lowest BCUT2D eigenvalue weighted by molar-refractivity contribution is -0.120. The first-order valence-corrected chi connectivity index (χ1v) is 8.01. The number of nitrogens with one attached hydrogen (secondary N) is 2. The Kier molecular flexibility index (Phi) is 4.88. The van der Waals surface area contributed by atoms with Crippen LogP contribution in [0.1, 0.15) is 25.3 Å². The molecule has 1 aromatic rings. The summed E-state index contributed by atoms with van der Waals surface area (Å²) in [5.74, 6) is 0.295.